The van der Waals surface area contributed by atoms with E-state index in [1.165, 1.54) is 0 Å². The van der Waals surface area contributed by atoms with Gasteiger partial charge < -0.3 is 0 Å². The molecule has 0 aromatic carbocycles. The molecule has 0 atom stereocenters. The van der Waals surface area contributed by atoms with E-state index in [4.69, 9.17) is 0 Å². The summed E-state index contributed by atoms with van der Waals surface area (Å²) in [5.41, 5.74) is 0. The van der Waals surface area contributed by atoms with Gasteiger partial charge in [-0.3, -0.25) is 0 Å². The Morgan fingerprint density at radius 2 is 0.643 bits per heavy atom. The van der Waals surface area contributed by atoms with E-state index in [0.717, 1.165) is 0 Å². The summed E-state index contributed by atoms with van der Waals surface area (Å²) in [6.07, 6.45) is -0.438. The lowest BCUT2D eigenvalue weighted by Crippen LogP contribution is -2.55. The van der Waals surface area contributed by atoms with Gasteiger partial charge in [0.2, 0.25) is 0 Å². The monoisotopic (exact) mass is 197 g/mol. The van der Waals surface area contributed by atoms with Gasteiger partial charge in [-0.2, -0.15) is 22.8 Å². The van der Waals surface area contributed by atoms with Crippen LogP contribution in [-0.2, 0) is 0 Å². The van der Waals surface area contributed by atoms with Crippen LogP contribution in [0.25, 0.3) is 0 Å². The van der Waals surface area contributed by atoms with Crippen LogP contribution in [0.1, 0.15) is 62.3 Å². The van der Waals surface area contributed by atoms with Crippen LogP contribution >= 0.6 is 0 Å². The third kappa shape index (κ3) is 2.02. The van der Waals surface area contributed by atoms with E-state index in [0.29, 0.717) is 15.9 Å². The van der Waals surface area contributed by atoms with E-state index in [1.54, 1.807) is 0 Å². The minimum Gasteiger partial charge on any atom is -0.189 e. The molecule has 0 amide bonds. The standard InChI is InChI=1S/C13H30B/c1-11(2,3)14(10,12(4,5)6)13(7,8)9/h1-10H3/q-1. The van der Waals surface area contributed by atoms with Crippen LogP contribution in [0.2, 0.25) is 22.8 Å². The van der Waals surface area contributed by atoms with Crippen molar-refractivity contribution in [3.8, 4) is 0 Å². The predicted octanol–water partition coefficient (Wildman–Crippen LogP) is 5.47. The molecule has 0 radical (unpaired) electrons. The quantitative estimate of drug-likeness (QED) is 0.452. The van der Waals surface area contributed by atoms with Gasteiger partial charge in [-0.25, -0.2) is 0 Å². The van der Waals surface area contributed by atoms with Gasteiger partial charge in [0, 0.05) is 6.15 Å². The van der Waals surface area contributed by atoms with Crippen molar-refractivity contribution in [3.63, 3.8) is 0 Å². The first kappa shape index (κ1) is 14.1. The maximum absolute atomic E-state index is 2.50. The lowest BCUT2D eigenvalue weighted by atomic mass is 9.00. The van der Waals surface area contributed by atoms with Gasteiger partial charge in [-0.05, 0) is 0 Å². The molecule has 1 heteroatoms. The molecular weight excluding hydrogens is 167 g/mol. The molecule has 0 aromatic heterocycles. The third-order valence-corrected chi connectivity index (χ3v) is 5.20. The second kappa shape index (κ2) is 3.28. The van der Waals surface area contributed by atoms with Crippen LogP contribution < -0.4 is 0 Å². The molecule has 14 heavy (non-hydrogen) atoms. The highest BCUT2D eigenvalue weighted by Crippen LogP contribution is 2.61. The average molecular weight is 197 g/mol. The lowest BCUT2D eigenvalue weighted by Gasteiger charge is -2.65. The second-order valence-electron chi connectivity index (χ2n) is 8.40. The predicted molar refractivity (Wildman–Crippen MR) is 70.8 cm³/mol. The molecular formula is C13H30B-. The fraction of sp³-hybridized carbons (Fsp3) is 1.00. The first-order valence-corrected chi connectivity index (χ1v) is 5.94. The van der Waals surface area contributed by atoms with E-state index < -0.39 is 6.15 Å². The van der Waals surface area contributed by atoms with Crippen LogP contribution in [0.4, 0.5) is 0 Å². The fourth-order valence-corrected chi connectivity index (χ4v) is 3.90. The van der Waals surface area contributed by atoms with Crippen LogP contribution in [0, 0.1) is 0 Å². The van der Waals surface area contributed by atoms with Gasteiger partial charge in [0.05, 0.1) is 0 Å². The van der Waals surface area contributed by atoms with Crippen molar-refractivity contribution in [1.82, 2.24) is 0 Å². The van der Waals surface area contributed by atoms with Gasteiger partial charge >= 0.3 is 0 Å². The summed E-state index contributed by atoms with van der Waals surface area (Å²) in [5.74, 6) is 0. The smallest absolute Gasteiger partial charge is 0.0134 e. The van der Waals surface area contributed by atoms with Crippen molar-refractivity contribution in [2.24, 2.45) is 0 Å². The maximum Gasteiger partial charge on any atom is 0.0134 e. The first-order valence-electron chi connectivity index (χ1n) is 5.94. The van der Waals surface area contributed by atoms with Gasteiger partial charge in [0.15, 0.2) is 0 Å². The highest BCUT2D eigenvalue weighted by molar-refractivity contribution is 6.86. The molecule has 0 rings (SSSR count). The normalized spacial score (nSPS) is 15.9. The third-order valence-electron chi connectivity index (χ3n) is 5.20. The van der Waals surface area contributed by atoms with Gasteiger partial charge in [-0.15, -0.1) is 0 Å². The molecule has 0 aliphatic rings. The van der Waals surface area contributed by atoms with Crippen molar-refractivity contribution in [2.45, 2.75) is 85.1 Å². The molecule has 0 heterocycles. The van der Waals surface area contributed by atoms with Crippen molar-refractivity contribution in [3.05, 3.63) is 0 Å². The molecule has 0 fully saturated rings. The summed E-state index contributed by atoms with van der Waals surface area (Å²) < 4.78 is 0. The molecule has 0 N–H and O–H groups in total. The summed E-state index contributed by atoms with van der Waals surface area (Å²) in [6, 6.07) is 0. The van der Waals surface area contributed by atoms with E-state index in [2.05, 4.69) is 69.1 Å². The topological polar surface area (TPSA) is 0 Å². The molecule has 0 saturated heterocycles. The lowest BCUT2D eigenvalue weighted by molar-refractivity contribution is 0.538. The molecule has 86 valence electrons. The number of hydrogen-bond acceptors (Lipinski definition) is 0. The SMILES string of the molecule is C[B-](C(C)(C)C)(C(C)(C)C)C(C)(C)C. The largest absolute Gasteiger partial charge is 0.189 e. The molecule has 0 saturated carbocycles. The molecule has 0 bridgehead atoms. The molecule has 0 aromatic rings. The maximum atomic E-state index is 2.50. The molecule has 0 aliphatic heterocycles. The number of rotatable bonds is 0. The summed E-state index contributed by atoms with van der Waals surface area (Å²) in [7, 11) is 0. The highest BCUT2D eigenvalue weighted by Gasteiger charge is 2.47. The zero-order valence-electron chi connectivity index (χ0n) is 12.1. The Hall–Kier alpha value is 0.0649. The first-order chi connectivity index (χ1) is 5.75. The number of hydrogen-bond donors (Lipinski definition) is 0. The Kier molecular flexibility index (Phi) is 3.30. The van der Waals surface area contributed by atoms with Gasteiger partial charge in [0.1, 0.15) is 0 Å². The molecule has 0 aliphatic carbocycles. The fourth-order valence-electron chi connectivity index (χ4n) is 3.90. The van der Waals surface area contributed by atoms with Crippen molar-refractivity contribution >= 4 is 6.15 Å². The van der Waals surface area contributed by atoms with Crippen molar-refractivity contribution in [1.29, 1.82) is 0 Å². The second-order valence-corrected chi connectivity index (χ2v) is 8.40. The van der Waals surface area contributed by atoms with Crippen molar-refractivity contribution < 1.29 is 0 Å². The Morgan fingerprint density at radius 1 is 0.500 bits per heavy atom. The average Bonchev–Trinajstić information content (AvgIpc) is 1.77. The Bertz CT molecular complexity index is 159. The van der Waals surface area contributed by atoms with Crippen molar-refractivity contribution in [2.75, 3.05) is 0 Å². The summed E-state index contributed by atoms with van der Waals surface area (Å²) in [6.45, 7) is 24.0. The minimum absolute atomic E-state index is 0.385. The molecule has 0 spiro atoms. The van der Waals surface area contributed by atoms with E-state index in [-0.39, 0.29) is 0 Å². The Labute approximate surface area is 91.8 Å². The summed E-state index contributed by atoms with van der Waals surface area (Å²) in [5, 5.41) is 1.16. The molecule has 0 nitrogen and oxygen atoms in total. The van der Waals surface area contributed by atoms with Crippen LogP contribution in [0.5, 0.6) is 0 Å². The Morgan fingerprint density at radius 3 is 0.643 bits per heavy atom. The Balaban J connectivity index is 5.54. The summed E-state index contributed by atoms with van der Waals surface area (Å²) >= 11 is 0. The van der Waals surface area contributed by atoms with E-state index in [1.807, 2.05) is 0 Å². The van der Waals surface area contributed by atoms with Gasteiger partial charge in [-0.1, -0.05) is 62.3 Å². The summed E-state index contributed by atoms with van der Waals surface area (Å²) in [4.78, 5) is 0. The highest BCUT2D eigenvalue weighted by atomic mass is 14.3. The van der Waals surface area contributed by atoms with Crippen LogP contribution in [0.3, 0.4) is 0 Å². The van der Waals surface area contributed by atoms with Crippen LogP contribution in [0.15, 0.2) is 0 Å². The van der Waals surface area contributed by atoms with E-state index in [9.17, 15) is 0 Å². The zero-order chi connectivity index (χ0) is 12.0. The minimum atomic E-state index is -0.438. The van der Waals surface area contributed by atoms with Crippen LogP contribution in [-0.4, -0.2) is 6.15 Å². The molecule has 0 unspecified atom stereocenters. The van der Waals surface area contributed by atoms with E-state index >= 15 is 0 Å². The van der Waals surface area contributed by atoms with Gasteiger partial charge in [0.25, 0.3) is 0 Å². The zero-order valence-corrected chi connectivity index (χ0v) is 12.1.